The lowest BCUT2D eigenvalue weighted by Crippen LogP contribution is -2.14. The average molecular weight is 307 g/mol. The number of amides is 1. The van der Waals surface area contributed by atoms with Gasteiger partial charge in [0.15, 0.2) is 4.34 Å². The van der Waals surface area contributed by atoms with Gasteiger partial charge < -0.3 is 5.32 Å². The van der Waals surface area contributed by atoms with Crippen molar-refractivity contribution in [1.82, 2.24) is 10.2 Å². The molecular formula is C14H17N3OS2. The van der Waals surface area contributed by atoms with Gasteiger partial charge in [0.1, 0.15) is 0 Å². The Bertz CT molecular complexity index is 555. The van der Waals surface area contributed by atoms with Gasteiger partial charge in [0.05, 0.1) is 6.42 Å². The normalized spacial score (nSPS) is 10.8. The van der Waals surface area contributed by atoms with E-state index in [-0.39, 0.29) is 5.91 Å². The van der Waals surface area contributed by atoms with E-state index in [0.717, 1.165) is 15.7 Å². The summed E-state index contributed by atoms with van der Waals surface area (Å²) >= 11 is 3.10. The molecule has 0 bridgehead atoms. The van der Waals surface area contributed by atoms with Crippen LogP contribution in [0.4, 0.5) is 5.13 Å². The number of hydrogen-bond acceptors (Lipinski definition) is 5. The standard InChI is InChI=1S/C14H17N3OS2/c1-10(2)9-19-14-17-16-13(20-14)15-12(18)8-11-6-4-3-5-7-11/h3-7,10H,8-9H2,1-2H3,(H,15,16,18). The van der Waals surface area contributed by atoms with Gasteiger partial charge in [-0.3, -0.25) is 4.79 Å². The molecule has 0 spiro atoms. The Morgan fingerprint density at radius 2 is 2.05 bits per heavy atom. The van der Waals surface area contributed by atoms with Gasteiger partial charge in [0, 0.05) is 5.75 Å². The Morgan fingerprint density at radius 3 is 2.75 bits per heavy atom. The second-order valence-corrected chi connectivity index (χ2v) is 7.03. The highest BCUT2D eigenvalue weighted by Crippen LogP contribution is 2.26. The van der Waals surface area contributed by atoms with Crippen molar-refractivity contribution in [2.45, 2.75) is 24.6 Å². The molecule has 4 nitrogen and oxygen atoms in total. The maximum absolute atomic E-state index is 11.9. The van der Waals surface area contributed by atoms with Crippen LogP contribution in [0.1, 0.15) is 19.4 Å². The Kier molecular flexibility index (Phi) is 5.55. The lowest BCUT2D eigenvalue weighted by molar-refractivity contribution is -0.115. The Morgan fingerprint density at radius 1 is 1.30 bits per heavy atom. The number of carbonyl (C=O) groups is 1. The highest BCUT2D eigenvalue weighted by Gasteiger charge is 2.09. The van der Waals surface area contributed by atoms with Crippen LogP contribution in [0.3, 0.4) is 0 Å². The van der Waals surface area contributed by atoms with Crippen LogP contribution in [0.2, 0.25) is 0 Å². The van der Waals surface area contributed by atoms with Crippen molar-refractivity contribution in [3.63, 3.8) is 0 Å². The van der Waals surface area contributed by atoms with Crippen molar-refractivity contribution >= 4 is 34.1 Å². The molecule has 0 aliphatic rings. The van der Waals surface area contributed by atoms with Crippen LogP contribution in [0.25, 0.3) is 0 Å². The summed E-state index contributed by atoms with van der Waals surface area (Å²) in [7, 11) is 0. The summed E-state index contributed by atoms with van der Waals surface area (Å²) in [5, 5.41) is 11.4. The van der Waals surface area contributed by atoms with Gasteiger partial charge in [-0.25, -0.2) is 0 Å². The lowest BCUT2D eigenvalue weighted by Gasteiger charge is -2.01. The fourth-order valence-corrected chi connectivity index (χ4v) is 3.25. The minimum atomic E-state index is -0.0623. The first kappa shape index (κ1) is 15.0. The van der Waals surface area contributed by atoms with Gasteiger partial charge >= 0.3 is 0 Å². The minimum Gasteiger partial charge on any atom is -0.300 e. The molecule has 2 rings (SSSR count). The number of anilines is 1. The number of rotatable bonds is 6. The molecule has 0 fully saturated rings. The van der Waals surface area contributed by atoms with E-state index in [1.807, 2.05) is 30.3 Å². The summed E-state index contributed by atoms with van der Waals surface area (Å²) in [6.45, 7) is 4.33. The molecule has 1 aromatic carbocycles. The van der Waals surface area contributed by atoms with E-state index in [1.165, 1.54) is 11.3 Å². The molecule has 0 saturated heterocycles. The predicted molar refractivity (Wildman–Crippen MR) is 84.2 cm³/mol. The number of hydrogen-bond donors (Lipinski definition) is 1. The molecule has 0 saturated carbocycles. The van der Waals surface area contributed by atoms with Crippen LogP contribution in [0.5, 0.6) is 0 Å². The Balaban J connectivity index is 1.85. The fraction of sp³-hybridized carbons (Fsp3) is 0.357. The first-order chi connectivity index (χ1) is 9.63. The summed E-state index contributed by atoms with van der Waals surface area (Å²) in [4.78, 5) is 11.9. The van der Waals surface area contributed by atoms with Gasteiger partial charge in [-0.1, -0.05) is 67.3 Å². The zero-order valence-corrected chi connectivity index (χ0v) is 13.1. The summed E-state index contributed by atoms with van der Waals surface area (Å²) < 4.78 is 0.897. The van der Waals surface area contributed by atoms with Gasteiger partial charge in [0.25, 0.3) is 0 Å². The molecule has 1 amide bonds. The van der Waals surface area contributed by atoms with Crippen molar-refractivity contribution in [3.8, 4) is 0 Å². The highest BCUT2D eigenvalue weighted by molar-refractivity contribution is 8.01. The smallest absolute Gasteiger partial charge is 0.230 e. The molecule has 6 heteroatoms. The van der Waals surface area contributed by atoms with E-state index >= 15 is 0 Å². The van der Waals surface area contributed by atoms with E-state index in [0.29, 0.717) is 17.5 Å². The molecule has 0 atom stereocenters. The van der Waals surface area contributed by atoms with E-state index in [2.05, 4.69) is 29.4 Å². The van der Waals surface area contributed by atoms with Crippen molar-refractivity contribution in [3.05, 3.63) is 35.9 Å². The molecule has 20 heavy (non-hydrogen) atoms. The van der Waals surface area contributed by atoms with E-state index < -0.39 is 0 Å². The number of aromatic nitrogens is 2. The molecule has 2 aromatic rings. The molecule has 0 unspecified atom stereocenters. The quantitative estimate of drug-likeness (QED) is 0.656. The SMILES string of the molecule is CC(C)CSc1nnc(NC(=O)Cc2ccccc2)s1. The Labute approximate surface area is 127 Å². The number of nitrogens with zero attached hydrogens (tertiary/aromatic N) is 2. The number of thioether (sulfide) groups is 1. The van der Waals surface area contributed by atoms with Gasteiger partial charge in [-0.2, -0.15) is 0 Å². The molecule has 0 aliphatic heterocycles. The second-order valence-electron chi connectivity index (χ2n) is 4.79. The summed E-state index contributed by atoms with van der Waals surface area (Å²) in [5.74, 6) is 1.56. The van der Waals surface area contributed by atoms with E-state index in [9.17, 15) is 4.79 Å². The zero-order valence-electron chi connectivity index (χ0n) is 11.5. The van der Waals surface area contributed by atoms with Gasteiger partial charge in [0.2, 0.25) is 11.0 Å². The molecule has 0 aliphatic carbocycles. The topological polar surface area (TPSA) is 54.9 Å². The second kappa shape index (κ2) is 7.40. The predicted octanol–water partition coefficient (Wildman–Crippen LogP) is 3.47. The van der Waals surface area contributed by atoms with Crippen LogP contribution in [0, 0.1) is 5.92 Å². The van der Waals surface area contributed by atoms with Crippen LogP contribution in [0.15, 0.2) is 34.7 Å². The number of carbonyl (C=O) groups excluding carboxylic acids is 1. The first-order valence-corrected chi connectivity index (χ1v) is 8.24. The summed E-state index contributed by atoms with van der Waals surface area (Å²) in [6.07, 6.45) is 0.356. The van der Waals surface area contributed by atoms with Gasteiger partial charge in [-0.15, -0.1) is 10.2 Å². The number of benzene rings is 1. The third-order valence-corrected chi connectivity index (χ3v) is 4.80. The van der Waals surface area contributed by atoms with Crippen LogP contribution in [-0.2, 0) is 11.2 Å². The monoisotopic (exact) mass is 307 g/mol. The maximum atomic E-state index is 11.9. The minimum absolute atomic E-state index is 0.0623. The summed E-state index contributed by atoms with van der Waals surface area (Å²) in [6, 6.07) is 9.65. The van der Waals surface area contributed by atoms with E-state index in [4.69, 9.17) is 0 Å². The molecular weight excluding hydrogens is 290 g/mol. The van der Waals surface area contributed by atoms with Crippen molar-refractivity contribution in [1.29, 1.82) is 0 Å². The van der Waals surface area contributed by atoms with Crippen molar-refractivity contribution in [2.24, 2.45) is 5.92 Å². The maximum Gasteiger partial charge on any atom is 0.230 e. The molecule has 106 valence electrons. The lowest BCUT2D eigenvalue weighted by atomic mass is 10.1. The zero-order chi connectivity index (χ0) is 14.4. The molecule has 0 radical (unpaired) electrons. The largest absolute Gasteiger partial charge is 0.300 e. The molecule has 1 aromatic heterocycles. The third kappa shape index (κ3) is 4.94. The molecule has 1 N–H and O–H groups in total. The fourth-order valence-electron chi connectivity index (χ4n) is 1.50. The van der Waals surface area contributed by atoms with Crippen LogP contribution >= 0.6 is 23.1 Å². The molecule has 1 heterocycles. The average Bonchev–Trinajstić information content (AvgIpc) is 2.85. The van der Waals surface area contributed by atoms with Crippen LogP contribution < -0.4 is 5.32 Å². The third-order valence-electron chi connectivity index (χ3n) is 2.40. The van der Waals surface area contributed by atoms with Crippen LogP contribution in [-0.4, -0.2) is 21.9 Å². The van der Waals surface area contributed by atoms with Crippen molar-refractivity contribution < 1.29 is 4.79 Å². The first-order valence-electron chi connectivity index (χ1n) is 6.43. The highest BCUT2D eigenvalue weighted by atomic mass is 32.2. The van der Waals surface area contributed by atoms with Crippen molar-refractivity contribution in [2.75, 3.05) is 11.1 Å². The Hall–Kier alpha value is -1.40. The van der Waals surface area contributed by atoms with E-state index in [1.54, 1.807) is 11.8 Å². The number of nitrogens with one attached hydrogen (secondary N) is 1. The summed E-state index contributed by atoms with van der Waals surface area (Å²) in [5.41, 5.74) is 0.990. The van der Waals surface area contributed by atoms with Gasteiger partial charge in [-0.05, 0) is 11.5 Å².